The first-order chi connectivity index (χ1) is 13.7. The van der Waals surface area contributed by atoms with Gasteiger partial charge in [0, 0.05) is 18.9 Å². The van der Waals surface area contributed by atoms with Crippen molar-refractivity contribution in [1.29, 1.82) is 5.26 Å². The summed E-state index contributed by atoms with van der Waals surface area (Å²) in [5, 5.41) is 14.7. The van der Waals surface area contributed by atoms with Gasteiger partial charge in [-0.3, -0.25) is 14.7 Å². The van der Waals surface area contributed by atoms with Crippen LogP contribution in [-0.4, -0.2) is 27.2 Å². The Bertz CT molecular complexity index is 1080. The number of nitrogens with zero attached hydrogens (tertiary/aromatic N) is 3. The van der Waals surface area contributed by atoms with Crippen molar-refractivity contribution in [2.75, 3.05) is 6.54 Å². The number of H-pyrrole nitrogens is 1. The van der Waals surface area contributed by atoms with Crippen molar-refractivity contribution >= 4 is 5.91 Å². The molecule has 0 radical (unpaired) electrons. The van der Waals surface area contributed by atoms with Gasteiger partial charge < -0.3 is 5.32 Å². The van der Waals surface area contributed by atoms with Crippen molar-refractivity contribution in [3.63, 3.8) is 0 Å². The minimum atomic E-state index is -0.251. The van der Waals surface area contributed by atoms with E-state index in [-0.39, 0.29) is 11.5 Å². The van der Waals surface area contributed by atoms with Crippen LogP contribution in [0.3, 0.4) is 0 Å². The van der Waals surface area contributed by atoms with Crippen molar-refractivity contribution in [1.82, 2.24) is 20.1 Å². The number of amides is 1. The van der Waals surface area contributed by atoms with E-state index < -0.39 is 0 Å². The molecule has 0 unspecified atom stereocenters. The lowest BCUT2D eigenvalue weighted by atomic mass is 10.1. The molecular formula is C21H19N5O2. The molecular weight excluding hydrogens is 354 g/mol. The van der Waals surface area contributed by atoms with Gasteiger partial charge >= 0.3 is 0 Å². The second-order valence-electron chi connectivity index (χ2n) is 6.91. The molecule has 1 saturated carbocycles. The summed E-state index contributed by atoms with van der Waals surface area (Å²) in [6.45, 7) is 0.676. The molecule has 1 aliphatic rings. The fourth-order valence-corrected chi connectivity index (χ4v) is 3.02. The lowest BCUT2D eigenvalue weighted by Crippen LogP contribution is -2.25. The highest BCUT2D eigenvalue weighted by atomic mass is 16.1. The molecule has 7 nitrogen and oxygen atoms in total. The molecule has 0 aliphatic heterocycles. The predicted molar refractivity (Wildman–Crippen MR) is 104 cm³/mol. The van der Waals surface area contributed by atoms with E-state index in [0.29, 0.717) is 34.6 Å². The van der Waals surface area contributed by atoms with Crippen LogP contribution >= 0.6 is 0 Å². The zero-order valence-corrected chi connectivity index (χ0v) is 15.2. The minimum absolute atomic E-state index is 0.156. The highest BCUT2D eigenvalue weighted by molar-refractivity contribution is 5.93. The molecule has 2 aromatic heterocycles. The van der Waals surface area contributed by atoms with Crippen LogP contribution in [-0.2, 0) is 0 Å². The Morgan fingerprint density at radius 2 is 2.04 bits per heavy atom. The van der Waals surface area contributed by atoms with E-state index in [0.717, 1.165) is 12.3 Å². The summed E-state index contributed by atoms with van der Waals surface area (Å²) in [5.74, 6) is 1.02. The van der Waals surface area contributed by atoms with Gasteiger partial charge in [-0.15, -0.1) is 0 Å². The third-order valence-corrected chi connectivity index (χ3v) is 4.87. The van der Waals surface area contributed by atoms with Crippen molar-refractivity contribution < 1.29 is 4.79 Å². The topological polar surface area (TPSA) is 104 Å². The van der Waals surface area contributed by atoms with Crippen molar-refractivity contribution in [2.45, 2.75) is 19.3 Å². The number of carbonyl (C=O) groups is 1. The maximum Gasteiger partial charge on any atom is 0.280 e. The van der Waals surface area contributed by atoms with Gasteiger partial charge in [0.25, 0.3) is 11.5 Å². The van der Waals surface area contributed by atoms with Crippen LogP contribution in [0.25, 0.3) is 16.9 Å². The van der Waals surface area contributed by atoms with E-state index >= 15 is 0 Å². The smallest absolute Gasteiger partial charge is 0.280 e. The zero-order valence-electron chi connectivity index (χ0n) is 15.2. The fourth-order valence-electron chi connectivity index (χ4n) is 3.02. The minimum Gasteiger partial charge on any atom is -0.352 e. The third-order valence-electron chi connectivity index (χ3n) is 4.87. The Labute approximate surface area is 161 Å². The Balaban J connectivity index is 1.49. The Morgan fingerprint density at radius 3 is 2.68 bits per heavy atom. The van der Waals surface area contributed by atoms with E-state index in [2.05, 4.69) is 21.5 Å². The number of aromatic amines is 1. The average molecular weight is 373 g/mol. The third kappa shape index (κ3) is 3.71. The van der Waals surface area contributed by atoms with Crippen LogP contribution in [0.5, 0.6) is 0 Å². The van der Waals surface area contributed by atoms with Gasteiger partial charge in [0.1, 0.15) is 0 Å². The van der Waals surface area contributed by atoms with Crippen LogP contribution in [0.15, 0.2) is 53.6 Å². The lowest BCUT2D eigenvalue weighted by Gasteiger charge is -2.05. The Hall–Kier alpha value is -3.66. The van der Waals surface area contributed by atoms with Gasteiger partial charge in [0.15, 0.2) is 5.82 Å². The number of pyridine rings is 1. The highest BCUT2D eigenvalue weighted by Gasteiger charge is 2.20. The zero-order chi connectivity index (χ0) is 19.5. The Morgan fingerprint density at radius 1 is 1.25 bits per heavy atom. The van der Waals surface area contributed by atoms with Gasteiger partial charge in [0.05, 0.1) is 22.8 Å². The van der Waals surface area contributed by atoms with Crippen LogP contribution < -0.4 is 10.9 Å². The van der Waals surface area contributed by atoms with E-state index in [1.807, 2.05) is 0 Å². The number of hydrogen-bond donors (Lipinski definition) is 2. The average Bonchev–Trinajstić information content (AvgIpc) is 3.48. The molecule has 140 valence electrons. The molecule has 2 heterocycles. The van der Waals surface area contributed by atoms with Gasteiger partial charge in [-0.2, -0.15) is 5.26 Å². The van der Waals surface area contributed by atoms with Crippen molar-refractivity contribution in [3.8, 4) is 23.0 Å². The largest absolute Gasteiger partial charge is 0.352 e. The standard InChI is InChI=1S/C21H19N5O2/c22-11-15-3-5-16(6-4-15)18-13-25-26(21(18)28)19-8-7-17(12-24-19)20(27)23-10-9-14-1-2-14/h3-8,12-14,25H,1-2,9-10H2,(H,23,27). The molecule has 4 rings (SSSR count). The predicted octanol–water partition coefficient (Wildman–Crippen LogP) is 2.63. The molecule has 1 fully saturated rings. The fraction of sp³-hybridized carbons (Fsp3) is 0.238. The molecule has 0 saturated heterocycles. The van der Waals surface area contributed by atoms with E-state index in [1.165, 1.54) is 23.7 Å². The normalized spacial score (nSPS) is 13.1. The van der Waals surface area contributed by atoms with Gasteiger partial charge in [-0.1, -0.05) is 25.0 Å². The number of carbonyl (C=O) groups excluding carboxylic acids is 1. The SMILES string of the molecule is N#Cc1ccc(-c2c[nH]n(-c3ccc(C(=O)NCCC4CC4)cn3)c2=O)cc1. The number of nitriles is 1. The molecule has 28 heavy (non-hydrogen) atoms. The first kappa shape index (κ1) is 17.7. The molecule has 2 N–H and O–H groups in total. The number of aromatic nitrogens is 3. The number of rotatable bonds is 6. The monoisotopic (exact) mass is 373 g/mol. The summed E-state index contributed by atoms with van der Waals surface area (Å²) in [4.78, 5) is 29.1. The van der Waals surface area contributed by atoms with Crippen LogP contribution in [0.1, 0.15) is 35.2 Å². The summed E-state index contributed by atoms with van der Waals surface area (Å²) in [7, 11) is 0. The Kier molecular flexibility index (Phi) is 4.77. The molecule has 0 spiro atoms. The summed E-state index contributed by atoms with van der Waals surface area (Å²) in [5.41, 5.74) is 1.94. The molecule has 7 heteroatoms. The molecule has 1 amide bonds. The van der Waals surface area contributed by atoms with Gasteiger partial charge in [-0.25, -0.2) is 9.67 Å². The maximum absolute atomic E-state index is 12.7. The number of nitrogens with one attached hydrogen (secondary N) is 2. The number of benzene rings is 1. The molecule has 0 bridgehead atoms. The first-order valence-corrected chi connectivity index (χ1v) is 9.21. The van der Waals surface area contributed by atoms with Crippen LogP contribution in [0, 0.1) is 17.2 Å². The van der Waals surface area contributed by atoms with E-state index in [9.17, 15) is 9.59 Å². The molecule has 3 aromatic rings. The van der Waals surface area contributed by atoms with Crippen molar-refractivity contribution in [2.24, 2.45) is 5.92 Å². The highest BCUT2D eigenvalue weighted by Crippen LogP contribution is 2.31. The summed E-state index contributed by atoms with van der Waals surface area (Å²) < 4.78 is 1.32. The lowest BCUT2D eigenvalue weighted by molar-refractivity contribution is 0.0952. The van der Waals surface area contributed by atoms with Crippen LogP contribution in [0.2, 0.25) is 0 Å². The molecule has 1 aromatic carbocycles. The van der Waals surface area contributed by atoms with E-state index in [4.69, 9.17) is 5.26 Å². The van der Waals surface area contributed by atoms with E-state index in [1.54, 1.807) is 42.6 Å². The second-order valence-corrected chi connectivity index (χ2v) is 6.91. The van der Waals surface area contributed by atoms with Crippen molar-refractivity contribution in [3.05, 3.63) is 70.3 Å². The summed E-state index contributed by atoms with van der Waals surface area (Å²) >= 11 is 0. The maximum atomic E-state index is 12.7. The first-order valence-electron chi connectivity index (χ1n) is 9.21. The second kappa shape index (κ2) is 7.53. The quantitative estimate of drug-likeness (QED) is 0.693. The molecule has 1 aliphatic carbocycles. The van der Waals surface area contributed by atoms with Gasteiger partial charge in [-0.05, 0) is 42.2 Å². The summed E-state index contributed by atoms with van der Waals surface area (Å²) in [6.07, 6.45) is 6.62. The summed E-state index contributed by atoms with van der Waals surface area (Å²) in [6, 6.07) is 12.1. The van der Waals surface area contributed by atoms with Gasteiger partial charge in [0.2, 0.25) is 0 Å². The number of hydrogen-bond acceptors (Lipinski definition) is 4. The molecule has 0 atom stereocenters. The van der Waals surface area contributed by atoms with Crippen LogP contribution in [0.4, 0.5) is 0 Å².